The Bertz CT molecular complexity index is 663. The number of Topliss-reactive ketones (excluding diaryl/α,β-unsaturated/α-hetero) is 1. The number of ketones is 1. The number of aryl methyl sites for hydroxylation is 1. The Balaban J connectivity index is 2.67. The molecule has 0 bridgehead atoms. The van der Waals surface area contributed by atoms with Crippen molar-refractivity contribution < 1.29 is 18.0 Å². The van der Waals surface area contributed by atoms with Crippen LogP contribution in [0.5, 0.6) is 0 Å². The van der Waals surface area contributed by atoms with Crippen LogP contribution in [0.3, 0.4) is 0 Å². The summed E-state index contributed by atoms with van der Waals surface area (Å²) in [7, 11) is 0. The van der Waals surface area contributed by atoms with E-state index in [0.717, 1.165) is 6.07 Å². The van der Waals surface area contributed by atoms with E-state index >= 15 is 0 Å². The van der Waals surface area contributed by atoms with Gasteiger partial charge in [0.15, 0.2) is 5.78 Å². The molecule has 19 heavy (non-hydrogen) atoms. The zero-order valence-corrected chi connectivity index (χ0v) is 10.4. The van der Waals surface area contributed by atoms with Gasteiger partial charge in [-0.1, -0.05) is 0 Å². The van der Waals surface area contributed by atoms with E-state index in [1.54, 1.807) is 0 Å². The van der Waals surface area contributed by atoms with Crippen LogP contribution in [0.4, 0.5) is 13.2 Å². The first-order valence-electron chi connectivity index (χ1n) is 5.66. The number of carbonyl (C=O) groups is 1. The molecule has 0 aliphatic rings. The Kier molecular flexibility index (Phi) is 3.42. The Morgan fingerprint density at radius 1 is 0.895 bits per heavy atom. The van der Waals surface area contributed by atoms with Crippen molar-refractivity contribution in [2.75, 3.05) is 0 Å². The van der Waals surface area contributed by atoms with Gasteiger partial charge < -0.3 is 0 Å². The second kappa shape index (κ2) is 4.88. The SMILES string of the molecule is CC(=O)c1ccc(F)c(-c2cc(C)c(F)cc2F)c1. The summed E-state index contributed by atoms with van der Waals surface area (Å²) >= 11 is 0. The zero-order chi connectivity index (χ0) is 14.2. The lowest BCUT2D eigenvalue weighted by molar-refractivity contribution is 0.101. The van der Waals surface area contributed by atoms with Gasteiger partial charge in [-0.3, -0.25) is 4.79 Å². The fourth-order valence-electron chi connectivity index (χ4n) is 1.81. The van der Waals surface area contributed by atoms with Gasteiger partial charge in [-0.15, -0.1) is 0 Å². The van der Waals surface area contributed by atoms with Crippen LogP contribution in [0.1, 0.15) is 22.8 Å². The number of hydrogen-bond donors (Lipinski definition) is 0. The monoisotopic (exact) mass is 264 g/mol. The van der Waals surface area contributed by atoms with E-state index in [2.05, 4.69) is 0 Å². The lowest BCUT2D eigenvalue weighted by Crippen LogP contribution is -1.97. The summed E-state index contributed by atoms with van der Waals surface area (Å²) < 4.78 is 40.7. The molecule has 2 aromatic carbocycles. The van der Waals surface area contributed by atoms with Gasteiger partial charge in [0.25, 0.3) is 0 Å². The third-order valence-corrected chi connectivity index (χ3v) is 2.91. The molecular formula is C15H11F3O. The first kappa shape index (κ1) is 13.3. The number of halogens is 3. The van der Waals surface area contributed by atoms with Gasteiger partial charge >= 0.3 is 0 Å². The summed E-state index contributed by atoms with van der Waals surface area (Å²) in [4.78, 5) is 11.3. The van der Waals surface area contributed by atoms with Gasteiger partial charge in [0.1, 0.15) is 17.5 Å². The van der Waals surface area contributed by atoms with Crippen LogP contribution < -0.4 is 0 Å². The highest BCUT2D eigenvalue weighted by Crippen LogP contribution is 2.28. The molecule has 0 fully saturated rings. The van der Waals surface area contributed by atoms with Crippen LogP contribution in [0.2, 0.25) is 0 Å². The smallest absolute Gasteiger partial charge is 0.159 e. The summed E-state index contributed by atoms with van der Waals surface area (Å²) in [5.41, 5.74) is 0.384. The molecule has 4 heteroatoms. The maximum atomic E-state index is 13.8. The van der Waals surface area contributed by atoms with E-state index in [4.69, 9.17) is 0 Å². The molecule has 0 saturated heterocycles. The third kappa shape index (κ3) is 2.52. The molecule has 0 aromatic heterocycles. The van der Waals surface area contributed by atoms with Crippen LogP contribution in [0, 0.1) is 24.4 Å². The van der Waals surface area contributed by atoms with Crippen molar-refractivity contribution in [2.45, 2.75) is 13.8 Å². The molecule has 0 atom stereocenters. The fourth-order valence-corrected chi connectivity index (χ4v) is 1.81. The standard InChI is InChI=1S/C15H11F3O/c1-8-5-11(15(18)7-14(8)17)12-6-10(9(2)19)3-4-13(12)16/h3-7H,1-2H3. The van der Waals surface area contributed by atoms with E-state index in [1.165, 1.54) is 32.0 Å². The van der Waals surface area contributed by atoms with E-state index in [1.807, 2.05) is 0 Å². The van der Waals surface area contributed by atoms with Crippen molar-refractivity contribution in [1.29, 1.82) is 0 Å². The van der Waals surface area contributed by atoms with Gasteiger partial charge in [0.2, 0.25) is 0 Å². The molecule has 2 rings (SSSR count). The van der Waals surface area contributed by atoms with Crippen LogP contribution in [-0.2, 0) is 0 Å². The first-order chi connectivity index (χ1) is 8.90. The normalized spacial score (nSPS) is 10.6. The minimum atomic E-state index is -0.859. The molecule has 0 spiro atoms. The Morgan fingerprint density at radius 2 is 1.53 bits per heavy atom. The molecule has 0 N–H and O–H groups in total. The predicted molar refractivity (Wildman–Crippen MR) is 66.5 cm³/mol. The molecule has 98 valence electrons. The number of benzene rings is 2. The Hall–Kier alpha value is -2.10. The summed E-state index contributed by atoms with van der Waals surface area (Å²) in [6.45, 7) is 2.80. The molecule has 0 saturated carbocycles. The molecule has 0 unspecified atom stereocenters. The summed E-state index contributed by atoms with van der Waals surface area (Å²) in [5, 5.41) is 0. The van der Waals surface area contributed by atoms with Crippen molar-refractivity contribution in [3.05, 3.63) is 58.9 Å². The minimum Gasteiger partial charge on any atom is -0.295 e. The summed E-state index contributed by atoms with van der Waals surface area (Å²) in [5.74, 6) is -2.46. The van der Waals surface area contributed by atoms with Crippen LogP contribution in [0.25, 0.3) is 11.1 Å². The van der Waals surface area contributed by atoms with Gasteiger partial charge in [0, 0.05) is 22.8 Å². The van der Waals surface area contributed by atoms with Gasteiger partial charge in [-0.25, -0.2) is 13.2 Å². The Morgan fingerprint density at radius 3 is 2.16 bits per heavy atom. The molecule has 0 radical (unpaired) electrons. The van der Waals surface area contributed by atoms with Crippen molar-refractivity contribution in [3.8, 4) is 11.1 Å². The summed E-state index contributed by atoms with van der Waals surface area (Å²) in [6.07, 6.45) is 0. The molecule has 2 aromatic rings. The van der Waals surface area contributed by atoms with Gasteiger partial charge in [0.05, 0.1) is 0 Å². The maximum absolute atomic E-state index is 13.8. The average molecular weight is 264 g/mol. The highest BCUT2D eigenvalue weighted by Gasteiger charge is 2.14. The van der Waals surface area contributed by atoms with Crippen molar-refractivity contribution >= 4 is 5.78 Å². The van der Waals surface area contributed by atoms with Crippen molar-refractivity contribution in [1.82, 2.24) is 0 Å². The molecule has 0 amide bonds. The maximum Gasteiger partial charge on any atom is 0.159 e. The zero-order valence-electron chi connectivity index (χ0n) is 10.4. The molecule has 0 aliphatic carbocycles. The van der Waals surface area contributed by atoms with E-state index < -0.39 is 17.5 Å². The molecule has 0 aliphatic heterocycles. The number of hydrogen-bond acceptors (Lipinski definition) is 1. The second-order valence-corrected chi connectivity index (χ2v) is 4.33. The average Bonchev–Trinajstić information content (AvgIpc) is 2.34. The van der Waals surface area contributed by atoms with E-state index in [0.29, 0.717) is 6.07 Å². The highest BCUT2D eigenvalue weighted by atomic mass is 19.1. The van der Waals surface area contributed by atoms with E-state index in [9.17, 15) is 18.0 Å². The van der Waals surface area contributed by atoms with Crippen LogP contribution >= 0.6 is 0 Å². The minimum absolute atomic E-state index is 0.0479. The quantitative estimate of drug-likeness (QED) is 0.740. The predicted octanol–water partition coefficient (Wildman–Crippen LogP) is 4.28. The number of carbonyl (C=O) groups excluding carboxylic acids is 1. The third-order valence-electron chi connectivity index (χ3n) is 2.91. The van der Waals surface area contributed by atoms with Gasteiger partial charge in [-0.05, 0) is 43.7 Å². The van der Waals surface area contributed by atoms with Crippen LogP contribution in [-0.4, -0.2) is 5.78 Å². The molecule has 0 heterocycles. The highest BCUT2D eigenvalue weighted by molar-refractivity contribution is 5.95. The lowest BCUT2D eigenvalue weighted by atomic mass is 9.99. The summed E-state index contributed by atoms with van der Waals surface area (Å²) in [6, 6.07) is 5.64. The fraction of sp³-hybridized carbons (Fsp3) is 0.133. The van der Waals surface area contributed by atoms with E-state index in [-0.39, 0.29) is 28.0 Å². The molecule has 1 nitrogen and oxygen atoms in total. The topological polar surface area (TPSA) is 17.1 Å². The first-order valence-corrected chi connectivity index (χ1v) is 5.66. The van der Waals surface area contributed by atoms with Gasteiger partial charge in [-0.2, -0.15) is 0 Å². The van der Waals surface area contributed by atoms with Crippen molar-refractivity contribution in [2.24, 2.45) is 0 Å². The second-order valence-electron chi connectivity index (χ2n) is 4.33. The van der Waals surface area contributed by atoms with Crippen LogP contribution in [0.15, 0.2) is 30.3 Å². The molecular weight excluding hydrogens is 253 g/mol. The number of rotatable bonds is 2. The largest absolute Gasteiger partial charge is 0.295 e. The van der Waals surface area contributed by atoms with Crippen molar-refractivity contribution in [3.63, 3.8) is 0 Å². The Labute approximate surface area is 108 Å². The lowest BCUT2D eigenvalue weighted by Gasteiger charge is -2.08.